The maximum Gasteiger partial charge on any atom is 0.337 e. The van der Waals surface area contributed by atoms with Gasteiger partial charge in [-0.15, -0.1) is 0 Å². The minimum atomic E-state index is -0.996. The normalized spacial score (nSPS) is 20.2. The average Bonchev–Trinajstić information content (AvgIpc) is 3.46. The highest BCUT2D eigenvalue weighted by atomic mass is 16.4. The van der Waals surface area contributed by atoms with Gasteiger partial charge in [0.2, 0.25) is 0 Å². The van der Waals surface area contributed by atoms with Gasteiger partial charge in [0.05, 0.1) is 17.2 Å². The third kappa shape index (κ3) is 4.89. The molecule has 0 amide bonds. The summed E-state index contributed by atoms with van der Waals surface area (Å²) in [4.78, 5) is 33.1. The molecule has 1 fully saturated rings. The molecule has 4 heterocycles. The van der Waals surface area contributed by atoms with E-state index >= 15 is 0 Å². The van der Waals surface area contributed by atoms with Crippen molar-refractivity contribution in [2.45, 2.75) is 77.9 Å². The summed E-state index contributed by atoms with van der Waals surface area (Å²) >= 11 is 0. The second-order valence-electron chi connectivity index (χ2n) is 10.7. The lowest BCUT2D eigenvalue weighted by Gasteiger charge is -2.45. The van der Waals surface area contributed by atoms with Crippen LogP contribution in [0.25, 0.3) is 5.65 Å². The Morgan fingerprint density at radius 3 is 2.69 bits per heavy atom. The van der Waals surface area contributed by atoms with Gasteiger partial charge in [0.1, 0.15) is 11.5 Å². The summed E-state index contributed by atoms with van der Waals surface area (Å²) in [6.07, 6.45) is 6.45. The molecule has 4 unspecified atom stereocenters. The number of H-pyrrole nitrogens is 1. The number of nitrogens with zero attached hydrogens (tertiary/aromatic N) is 4. The van der Waals surface area contributed by atoms with Crippen LogP contribution in [0.5, 0.6) is 0 Å². The topological polar surface area (TPSA) is 116 Å². The Morgan fingerprint density at radius 2 is 2.00 bits per heavy atom. The molecule has 204 valence electrons. The SMILES string of the molecule is CCC1CC(c2ccn[nH]2)CC(C)N1c1nc2c(C(C)Nc3ccccc3C(=O)O)cc(C)cn2c(=O)c1C. The van der Waals surface area contributed by atoms with Crippen LogP contribution in [0.15, 0.2) is 53.6 Å². The van der Waals surface area contributed by atoms with Crippen LogP contribution in [-0.2, 0) is 0 Å². The Labute approximate surface area is 227 Å². The molecule has 1 aliphatic heterocycles. The molecule has 9 heteroatoms. The van der Waals surface area contributed by atoms with Crippen molar-refractivity contribution < 1.29 is 9.90 Å². The predicted octanol–water partition coefficient (Wildman–Crippen LogP) is 5.46. The highest BCUT2D eigenvalue weighted by molar-refractivity contribution is 5.94. The van der Waals surface area contributed by atoms with Crippen molar-refractivity contribution in [2.75, 3.05) is 10.2 Å². The number of aromatic nitrogens is 4. The van der Waals surface area contributed by atoms with Crippen molar-refractivity contribution in [3.05, 3.63) is 87.1 Å². The Morgan fingerprint density at radius 1 is 1.23 bits per heavy atom. The van der Waals surface area contributed by atoms with Gasteiger partial charge < -0.3 is 15.3 Å². The molecule has 0 aliphatic carbocycles. The van der Waals surface area contributed by atoms with E-state index in [4.69, 9.17) is 4.98 Å². The number of para-hydroxylation sites is 1. The van der Waals surface area contributed by atoms with Crippen LogP contribution in [-0.4, -0.2) is 42.7 Å². The number of rotatable bonds is 7. The number of carboxylic acid groups (broad SMARTS) is 1. The Hall–Kier alpha value is -4.14. The Balaban J connectivity index is 1.59. The van der Waals surface area contributed by atoms with Gasteiger partial charge in [-0.25, -0.2) is 9.78 Å². The van der Waals surface area contributed by atoms with Crippen molar-refractivity contribution in [1.29, 1.82) is 0 Å². The number of nitrogens with one attached hydrogen (secondary N) is 2. The quantitative estimate of drug-likeness (QED) is 0.292. The van der Waals surface area contributed by atoms with E-state index in [0.29, 0.717) is 22.8 Å². The third-order valence-corrected chi connectivity index (χ3v) is 8.01. The summed E-state index contributed by atoms with van der Waals surface area (Å²) in [6.45, 7) is 10.2. The van der Waals surface area contributed by atoms with Gasteiger partial charge in [-0.3, -0.25) is 14.3 Å². The number of benzene rings is 1. The zero-order chi connectivity index (χ0) is 27.8. The lowest BCUT2D eigenvalue weighted by Crippen LogP contribution is -2.49. The second-order valence-corrected chi connectivity index (χ2v) is 10.7. The van der Waals surface area contributed by atoms with E-state index in [1.807, 2.05) is 33.0 Å². The van der Waals surface area contributed by atoms with Crippen molar-refractivity contribution in [3.63, 3.8) is 0 Å². The maximum absolute atomic E-state index is 13.8. The number of anilines is 2. The first-order valence-corrected chi connectivity index (χ1v) is 13.6. The van der Waals surface area contributed by atoms with E-state index < -0.39 is 5.97 Å². The molecule has 3 N–H and O–H groups in total. The van der Waals surface area contributed by atoms with Gasteiger partial charge in [-0.2, -0.15) is 5.10 Å². The molecule has 0 spiro atoms. The zero-order valence-electron chi connectivity index (χ0n) is 23.1. The zero-order valence-corrected chi connectivity index (χ0v) is 23.1. The largest absolute Gasteiger partial charge is 0.478 e. The van der Waals surface area contributed by atoms with E-state index in [-0.39, 0.29) is 29.2 Å². The van der Waals surface area contributed by atoms with Crippen LogP contribution in [0.4, 0.5) is 11.5 Å². The van der Waals surface area contributed by atoms with Gasteiger partial charge in [0.15, 0.2) is 0 Å². The Kier molecular flexibility index (Phi) is 7.16. The molecule has 3 aromatic heterocycles. The molecular formula is C30H36N6O3. The monoisotopic (exact) mass is 528 g/mol. The van der Waals surface area contributed by atoms with Gasteiger partial charge in [0, 0.05) is 47.3 Å². The number of aromatic amines is 1. The predicted molar refractivity (Wildman–Crippen MR) is 153 cm³/mol. The maximum atomic E-state index is 13.8. The molecule has 4 aromatic rings. The molecule has 0 saturated carbocycles. The molecule has 39 heavy (non-hydrogen) atoms. The molecule has 9 nitrogen and oxygen atoms in total. The molecule has 1 aliphatic rings. The number of piperidine rings is 1. The third-order valence-electron chi connectivity index (χ3n) is 8.01. The smallest absolute Gasteiger partial charge is 0.337 e. The van der Waals surface area contributed by atoms with E-state index in [1.165, 1.54) is 0 Å². The summed E-state index contributed by atoms with van der Waals surface area (Å²) in [7, 11) is 0. The summed E-state index contributed by atoms with van der Waals surface area (Å²) in [5.74, 6) is 0.109. The van der Waals surface area contributed by atoms with E-state index in [2.05, 4.69) is 40.3 Å². The number of hydrogen-bond acceptors (Lipinski definition) is 6. The van der Waals surface area contributed by atoms with E-state index in [9.17, 15) is 14.7 Å². The molecule has 5 rings (SSSR count). The highest BCUT2D eigenvalue weighted by Crippen LogP contribution is 2.38. The number of aromatic carboxylic acids is 1. The summed E-state index contributed by atoms with van der Waals surface area (Å²) in [5, 5.41) is 20.3. The van der Waals surface area contributed by atoms with Crippen LogP contribution >= 0.6 is 0 Å². The van der Waals surface area contributed by atoms with E-state index in [0.717, 1.165) is 41.9 Å². The lowest BCUT2D eigenvalue weighted by molar-refractivity contribution is 0.0698. The Bertz CT molecular complexity index is 1560. The first-order chi connectivity index (χ1) is 18.7. The molecule has 0 radical (unpaired) electrons. The molecule has 4 atom stereocenters. The number of hydrogen-bond donors (Lipinski definition) is 3. The van der Waals surface area contributed by atoms with Gasteiger partial charge >= 0.3 is 5.97 Å². The average molecular weight is 529 g/mol. The van der Waals surface area contributed by atoms with Crippen LogP contribution in [0.1, 0.15) is 84.7 Å². The molecule has 1 saturated heterocycles. The highest BCUT2D eigenvalue weighted by Gasteiger charge is 2.36. The summed E-state index contributed by atoms with van der Waals surface area (Å²) in [6, 6.07) is 11.0. The lowest BCUT2D eigenvalue weighted by atomic mass is 9.83. The fourth-order valence-corrected chi connectivity index (χ4v) is 6.08. The van der Waals surface area contributed by atoms with Crippen LogP contribution in [0, 0.1) is 13.8 Å². The number of carboxylic acids is 1. The standard InChI is InChI=1S/C30H36N6O3/c1-6-22-15-21(25-11-12-31-34-25)14-18(3)36(22)27-19(4)29(37)35-16-17(2)13-24(28(35)33-27)20(5)32-26-10-8-7-9-23(26)30(38)39/h7-13,16,18,20-22,32H,6,14-15H2,1-5H3,(H,31,34)(H,38,39). The number of aryl methyl sites for hydroxylation is 1. The number of pyridine rings is 1. The van der Waals surface area contributed by atoms with Crippen molar-refractivity contribution in [1.82, 2.24) is 19.6 Å². The van der Waals surface area contributed by atoms with Crippen LogP contribution < -0.4 is 15.8 Å². The number of carbonyl (C=O) groups is 1. The summed E-state index contributed by atoms with van der Waals surface area (Å²) < 4.78 is 1.63. The number of fused-ring (bicyclic) bond motifs is 1. The van der Waals surface area contributed by atoms with Gasteiger partial charge in [-0.05, 0) is 76.8 Å². The summed E-state index contributed by atoms with van der Waals surface area (Å²) in [5.41, 5.74) is 4.76. The van der Waals surface area contributed by atoms with Crippen molar-refractivity contribution in [2.24, 2.45) is 0 Å². The molecule has 1 aromatic carbocycles. The second kappa shape index (κ2) is 10.6. The first kappa shape index (κ1) is 26.5. The van der Waals surface area contributed by atoms with Crippen LogP contribution in [0.2, 0.25) is 0 Å². The fraction of sp³-hybridized carbons (Fsp3) is 0.400. The molecule has 0 bridgehead atoms. The van der Waals surface area contributed by atoms with Gasteiger partial charge in [-0.1, -0.05) is 19.1 Å². The minimum absolute atomic E-state index is 0.0872. The van der Waals surface area contributed by atoms with Gasteiger partial charge in [0.25, 0.3) is 5.56 Å². The van der Waals surface area contributed by atoms with E-state index in [1.54, 1.807) is 34.9 Å². The minimum Gasteiger partial charge on any atom is -0.478 e. The van der Waals surface area contributed by atoms with Crippen molar-refractivity contribution in [3.8, 4) is 0 Å². The first-order valence-electron chi connectivity index (χ1n) is 13.6. The van der Waals surface area contributed by atoms with Crippen LogP contribution in [0.3, 0.4) is 0 Å². The molecular weight excluding hydrogens is 492 g/mol. The van der Waals surface area contributed by atoms with Crippen molar-refractivity contribution >= 4 is 23.1 Å². The fourth-order valence-electron chi connectivity index (χ4n) is 6.08.